The molecule has 2 rings (SSSR count). The van der Waals surface area contributed by atoms with Crippen LogP contribution in [0.2, 0.25) is 0 Å². The molecule has 3 N–H and O–H groups in total. The number of thiazole rings is 1. The Bertz CT molecular complexity index is 510. The molecular weight excluding hydrogens is 246 g/mol. The van der Waals surface area contributed by atoms with Crippen molar-refractivity contribution >= 4 is 17.2 Å². The van der Waals surface area contributed by atoms with E-state index >= 15 is 0 Å². The van der Waals surface area contributed by atoms with Gasteiger partial charge >= 0.3 is 0 Å². The minimum absolute atomic E-state index is 0.140. The van der Waals surface area contributed by atoms with Crippen LogP contribution in [-0.4, -0.2) is 17.4 Å². The predicted octanol–water partition coefficient (Wildman–Crippen LogP) is 1.57. The summed E-state index contributed by atoms with van der Waals surface area (Å²) in [6, 6.07) is 9.79. The summed E-state index contributed by atoms with van der Waals surface area (Å²) >= 11 is 1.47. The van der Waals surface area contributed by atoms with Crippen molar-refractivity contribution in [2.75, 3.05) is 6.54 Å². The zero-order valence-electron chi connectivity index (χ0n) is 9.93. The molecule has 5 heteroatoms. The van der Waals surface area contributed by atoms with Gasteiger partial charge in [-0.2, -0.15) is 0 Å². The molecule has 0 aliphatic heterocycles. The number of benzene rings is 1. The summed E-state index contributed by atoms with van der Waals surface area (Å²) < 4.78 is 0. The lowest BCUT2D eigenvalue weighted by atomic mass is 10.2. The molecule has 0 bridgehead atoms. The molecule has 0 fully saturated rings. The van der Waals surface area contributed by atoms with E-state index in [2.05, 4.69) is 10.3 Å². The van der Waals surface area contributed by atoms with E-state index < -0.39 is 0 Å². The van der Waals surface area contributed by atoms with Gasteiger partial charge < -0.3 is 11.1 Å². The molecule has 1 amide bonds. The average Bonchev–Trinajstić information content (AvgIpc) is 2.86. The fourth-order valence-corrected chi connectivity index (χ4v) is 2.32. The number of nitrogens with one attached hydrogen (secondary N) is 1. The van der Waals surface area contributed by atoms with Gasteiger partial charge in [0, 0.05) is 18.3 Å². The molecule has 18 heavy (non-hydrogen) atoms. The Labute approximate surface area is 110 Å². The molecule has 1 aromatic heterocycles. The molecular formula is C13H15N3OS. The van der Waals surface area contributed by atoms with E-state index in [0.29, 0.717) is 18.8 Å². The number of nitrogens with zero attached hydrogens (tertiary/aromatic N) is 1. The normalized spacial score (nSPS) is 10.3. The maximum absolute atomic E-state index is 11.8. The van der Waals surface area contributed by atoms with Crippen LogP contribution in [0.1, 0.15) is 21.1 Å². The number of nitrogens with two attached hydrogens (primary N) is 1. The van der Waals surface area contributed by atoms with E-state index in [1.165, 1.54) is 11.3 Å². The molecule has 2 aromatic rings. The number of amides is 1. The first-order valence-electron chi connectivity index (χ1n) is 5.76. The largest absolute Gasteiger partial charge is 0.347 e. The van der Waals surface area contributed by atoms with Gasteiger partial charge in [-0.05, 0) is 12.1 Å². The Kier molecular flexibility index (Phi) is 4.44. The Morgan fingerprint density at radius 1 is 1.33 bits per heavy atom. The first-order chi connectivity index (χ1) is 8.79. The van der Waals surface area contributed by atoms with Gasteiger partial charge in [0.2, 0.25) is 0 Å². The average molecular weight is 261 g/mol. The molecule has 94 valence electrons. The highest BCUT2D eigenvalue weighted by atomic mass is 32.1. The lowest BCUT2D eigenvalue weighted by Gasteiger charge is -2.02. The van der Waals surface area contributed by atoms with E-state index in [4.69, 9.17) is 5.73 Å². The molecule has 0 aliphatic carbocycles. The Morgan fingerprint density at radius 3 is 2.83 bits per heavy atom. The molecule has 0 aliphatic rings. The summed E-state index contributed by atoms with van der Waals surface area (Å²) in [6.07, 6.45) is 0.719. The van der Waals surface area contributed by atoms with E-state index in [1.54, 1.807) is 5.38 Å². The number of aromatic nitrogens is 1. The van der Waals surface area contributed by atoms with Crippen LogP contribution >= 0.6 is 11.3 Å². The van der Waals surface area contributed by atoms with Crippen molar-refractivity contribution in [2.24, 2.45) is 5.73 Å². The van der Waals surface area contributed by atoms with Crippen molar-refractivity contribution < 1.29 is 4.79 Å². The molecule has 1 heterocycles. The first kappa shape index (κ1) is 12.7. The third-order valence-corrected chi connectivity index (χ3v) is 3.35. The number of hydrogen-bond acceptors (Lipinski definition) is 4. The van der Waals surface area contributed by atoms with Gasteiger partial charge in [0.25, 0.3) is 5.91 Å². The van der Waals surface area contributed by atoms with E-state index in [-0.39, 0.29) is 5.91 Å². The predicted molar refractivity (Wildman–Crippen MR) is 72.5 cm³/mol. The van der Waals surface area contributed by atoms with Crippen LogP contribution in [0, 0.1) is 0 Å². The smallest absolute Gasteiger partial charge is 0.271 e. The van der Waals surface area contributed by atoms with Crippen molar-refractivity contribution in [3.05, 3.63) is 52.0 Å². The van der Waals surface area contributed by atoms with Crippen LogP contribution in [0.3, 0.4) is 0 Å². The third kappa shape index (κ3) is 3.38. The highest BCUT2D eigenvalue weighted by molar-refractivity contribution is 7.09. The van der Waals surface area contributed by atoms with E-state index in [1.807, 2.05) is 30.3 Å². The Balaban J connectivity index is 1.91. The van der Waals surface area contributed by atoms with Crippen molar-refractivity contribution in [1.82, 2.24) is 10.3 Å². The summed E-state index contributed by atoms with van der Waals surface area (Å²) in [6.45, 7) is 1.07. The van der Waals surface area contributed by atoms with Gasteiger partial charge in [-0.3, -0.25) is 4.79 Å². The van der Waals surface area contributed by atoms with Crippen LogP contribution in [0.5, 0.6) is 0 Å². The summed E-state index contributed by atoms with van der Waals surface area (Å²) in [5.74, 6) is -0.140. The van der Waals surface area contributed by atoms with Gasteiger partial charge in [0.05, 0.1) is 5.01 Å². The maximum atomic E-state index is 11.8. The van der Waals surface area contributed by atoms with Crippen molar-refractivity contribution in [3.8, 4) is 0 Å². The van der Waals surface area contributed by atoms with Gasteiger partial charge in [-0.25, -0.2) is 4.98 Å². The molecule has 0 unspecified atom stereocenters. The van der Waals surface area contributed by atoms with E-state index in [9.17, 15) is 4.79 Å². The summed E-state index contributed by atoms with van der Waals surface area (Å²) in [4.78, 5) is 16.1. The highest BCUT2D eigenvalue weighted by Gasteiger charge is 2.09. The molecule has 0 saturated carbocycles. The number of carbonyl (C=O) groups excluding carboxylic acids is 1. The molecule has 4 nitrogen and oxygen atoms in total. The molecule has 0 spiro atoms. The zero-order chi connectivity index (χ0) is 12.8. The summed E-state index contributed by atoms with van der Waals surface area (Å²) in [7, 11) is 0. The van der Waals surface area contributed by atoms with Crippen molar-refractivity contribution in [1.29, 1.82) is 0 Å². The molecule has 0 saturated heterocycles. The quantitative estimate of drug-likeness (QED) is 0.858. The second kappa shape index (κ2) is 6.28. The standard InChI is InChI=1S/C13H15N3OS/c14-7-6-12-16-11(9-18-12)13(17)15-8-10-4-2-1-3-5-10/h1-5,9H,6-8,14H2,(H,15,17). The van der Waals surface area contributed by atoms with Crippen LogP contribution in [0.15, 0.2) is 35.7 Å². The second-order valence-electron chi connectivity index (χ2n) is 3.83. The number of hydrogen-bond donors (Lipinski definition) is 2. The first-order valence-corrected chi connectivity index (χ1v) is 6.64. The van der Waals surface area contributed by atoms with Crippen LogP contribution in [0.4, 0.5) is 0 Å². The van der Waals surface area contributed by atoms with E-state index in [0.717, 1.165) is 17.0 Å². The summed E-state index contributed by atoms with van der Waals surface area (Å²) in [5.41, 5.74) is 6.99. The number of carbonyl (C=O) groups is 1. The molecule has 0 atom stereocenters. The third-order valence-electron chi connectivity index (χ3n) is 2.44. The fourth-order valence-electron chi connectivity index (χ4n) is 1.52. The van der Waals surface area contributed by atoms with Crippen molar-refractivity contribution in [2.45, 2.75) is 13.0 Å². The Morgan fingerprint density at radius 2 is 2.11 bits per heavy atom. The molecule has 1 aromatic carbocycles. The molecule has 0 radical (unpaired) electrons. The topological polar surface area (TPSA) is 68.0 Å². The zero-order valence-corrected chi connectivity index (χ0v) is 10.7. The van der Waals surface area contributed by atoms with Crippen molar-refractivity contribution in [3.63, 3.8) is 0 Å². The fraction of sp³-hybridized carbons (Fsp3) is 0.231. The second-order valence-corrected chi connectivity index (χ2v) is 4.78. The summed E-state index contributed by atoms with van der Waals surface area (Å²) in [5, 5.41) is 5.52. The van der Waals surface area contributed by atoms with Gasteiger partial charge in [-0.1, -0.05) is 30.3 Å². The monoisotopic (exact) mass is 261 g/mol. The van der Waals surface area contributed by atoms with Crippen LogP contribution < -0.4 is 11.1 Å². The SMILES string of the molecule is NCCc1nc(C(=O)NCc2ccccc2)cs1. The van der Waals surface area contributed by atoms with Gasteiger partial charge in [0.15, 0.2) is 0 Å². The minimum Gasteiger partial charge on any atom is -0.347 e. The number of rotatable bonds is 5. The Hall–Kier alpha value is -1.72. The van der Waals surface area contributed by atoms with Crippen LogP contribution in [0.25, 0.3) is 0 Å². The minimum atomic E-state index is -0.140. The lowest BCUT2D eigenvalue weighted by Crippen LogP contribution is -2.23. The lowest BCUT2D eigenvalue weighted by molar-refractivity contribution is 0.0946. The maximum Gasteiger partial charge on any atom is 0.271 e. The highest BCUT2D eigenvalue weighted by Crippen LogP contribution is 2.10. The van der Waals surface area contributed by atoms with Crippen LogP contribution in [-0.2, 0) is 13.0 Å². The van der Waals surface area contributed by atoms with Gasteiger partial charge in [-0.15, -0.1) is 11.3 Å². The van der Waals surface area contributed by atoms with Gasteiger partial charge in [0.1, 0.15) is 5.69 Å².